The highest BCUT2D eigenvalue weighted by Crippen LogP contribution is 2.48. The molecule has 3 aliphatic rings. The summed E-state index contributed by atoms with van der Waals surface area (Å²) in [6.45, 7) is 1.71. The van der Waals surface area contributed by atoms with Crippen LogP contribution in [-0.2, 0) is 10.3 Å². The number of piperidine rings is 2. The van der Waals surface area contributed by atoms with E-state index in [-0.39, 0.29) is 17.4 Å². The fourth-order valence-electron chi connectivity index (χ4n) is 3.76. The number of aryl methyl sites for hydroxylation is 1. The second-order valence-electron chi connectivity index (χ2n) is 6.16. The van der Waals surface area contributed by atoms with Gasteiger partial charge in [0.2, 0.25) is 5.91 Å². The first-order valence-electron chi connectivity index (χ1n) is 7.21. The summed E-state index contributed by atoms with van der Waals surface area (Å²) in [5.74, 6) is 0.129. The molecule has 2 bridgehead atoms. The van der Waals surface area contributed by atoms with Crippen LogP contribution in [0.4, 0.5) is 5.69 Å². The molecular formula is C15H16N4O3. The zero-order valence-electron chi connectivity index (χ0n) is 12.0. The number of aromatic nitrogens is 2. The number of nitrogens with zero attached hydrogens (tertiary/aromatic N) is 2. The van der Waals surface area contributed by atoms with Gasteiger partial charge in [-0.05, 0) is 31.9 Å². The van der Waals surface area contributed by atoms with E-state index in [0.717, 1.165) is 0 Å². The minimum atomic E-state index is -0.950. The second kappa shape index (κ2) is 4.07. The Bertz CT molecular complexity index is 867. The third kappa shape index (κ3) is 1.46. The van der Waals surface area contributed by atoms with E-state index < -0.39 is 11.8 Å². The lowest BCUT2D eigenvalue weighted by Crippen LogP contribution is -2.70. The fraction of sp³-hybridized carbons (Fsp3) is 0.400. The zero-order chi connectivity index (χ0) is 15.6. The van der Waals surface area contributed by atoms with E-state index in [2.05, 4.69) is 10.3 Å². The number of hydrogen-bond donors (Lipinski definition) is 3. The molecule has 4 N–H and O–H groups in total. The SMILES string of the molecule is Cc1nc2cccc(N)c2c(=O)n1C12CC(C1)C(O)NC2=O. The van der Waals surface area contributed by atoms with E-state index in [1.165, 1.54) is 4.57 Å². The highest BCUT2D eigenvalue weighted by molar-refractivity contribution is 5.91. The number of nitrogens with one attached hydrogen (secondary N) is 1. The van der Waals surface area contributed by atoms with Gasteiger partial charge in [0.05, 0.1) is 10.9 Å². The summed E-state index contributed by atoms with van der Waals surface area (Å²) in [6.07, 6.45) is 0.0605. The van der Waals surface area contributed by atoms with Crippen LogP contribution in [0, 0.1) is 12.8 Å². The molecule has 0 spiro atoms. The van der Waals surface area contributed by atoms with E-state index >= 15 is 0 Å². The summed E-state index contributed by atoms with van der Waals surface area (Å²) >= 11 is 0. The summed E-state index contributed by atoms with van der Waals surface area (Å²) in [6, 6.07) is 5.13. The van der Waals surface area contributed by atoms with Crippen LogP contribution in [0.2, 0.25) is 0 Å². The van der Waals surface area contributed by atoms with Crippen molar-refractivity contribution >= 4 is 22.5 Å². The number of aliphatic hydroxyl groups is 1. The Balaban J connectivity index is 1.99. The van der Waals surface area contributed by atoms with Crippen molar-refractivity contribution in [2.75, 3.05) is 5.73 Å². The Morgan fingerprint density at radius 3 is 2.82 bits per heavy atom. The van der Waals surface area contributed by atoms with E-state index in [0.29, 0.717) is 35.3 Å². The van der Waals surface area contributed by atoms with Crippen molar-refractivity contribution in [3.63, 3.8) is 0 Å². The van der Waals surface area contributed by atoms with Crippen molar-refractivity contribution in [2.24, 2.45) is 5.92 Å². The topological polar surface area (TPSA) is 110 Å². The molecule has 7 heteroatoms. The van der Waals surface area contributed by atoms with Crippen LogP contribution in [0.5, 0.6) is 0 Å². The van der Waals surface area contributed by atoms with E-state index in [9.17, 15) is 14.7 Å². The maximum absolute atomic E-state index is 12.9. The first-order valence-corrected chi connectivity index (χ1v) is 7.21. The van der Waals surface area contributed by atoms with Crippen LogP contribution in [0.25, 0.3) is 10.9 Å². The third-order valence-corrected chi connectivity index (χ3v) is 4.87. The van der Waals surface area contributed by atoms with Gasteiger partial charge in [-0.15, -0.1) is 0 Å². The highest BCUT2D eigenvalue weighted by Gasteiger charge is 2.59. The maximum Gasteiger partial charge on any atom is 0.264 e. The van der Waals surface area contributed by atoms with Gasteiger partial charge in [0.15, 0.2) is 0 Å². The largest absolute Gasteiger partial charge is 0.398 e. The minimum Gasteiger partial charge on any atom is -0.398 e. The van der Waals surface area contributed by atoms with Gasteiger partial charge in [0, 0.05) is 11.6 Å². The molecule has 1 aromatic carbocycles. The monoisotopic (exact) mass is 300 g/mol. The van der Waals surface area contributed by atoms with E-state index in [4.69, 9.17) is 5.73 Å². The van der Waals surface area contributed by atoms with Crippen LogP contribution in [-0.4, -0.2) is 26.8 Å². The van der Waals surface area contributed by atoms with Crippen molar-refractivity contribution < 1.29 is 9.90 Å². The van der Waals surface area contributed by atoms with Crippen molar-refractivity contribution in [1.82, 2.24) is 14.9 Å². The molecule has 5 rings (SSSR count). The normalized spacial score (nSPS) is 30.0. The van der Waals surface area contributed by atoms with Gasteiger partial charge in [-0.2, -0.15) is 0 Å². The molecule has 3 heterocycles. The van der Waals surface area contributed by atoms with E-state index in [1.807, 2.05) is 0 Å². The lowest BCUT2D eigenvalue weighted by molar-refractivity contribution is -0.161. The number of benzene rings is 1. The van der Waals surface area contributed by atoms with Gasteiger partial charge in [0.1, 0.15) is 17.6 Å². The zero-order valence-corrected chi connectivity index (χ0v) is 12.0. The number of hydrogen-bond acceptors (Lipinski definition) is 5. The van der Waals surface area contributed by atoms with Gasteiger partial charge < -0.3 is 16.2 Å². The molecule has 22 heavy (non-hydrogen) atoms. The van der Waals surface area contributed by atoms with Crippen LogP contribution < -0.4 is 16.6 Å². The smallest absolute Gasteiger partial charge is 0.264 e. The Morgan fingerprint density at radius 2 is 2.14 bits per heavy atom. The molecule has 2 saturated heterocycles. The van der Waals surface area contributed by atoms with Gasteiger partial charge in [-0.25, -0.2) is 4.98 Å². The number of nitrogen functional groups attached to an aromatic ring is 1. The summed E-state index contributed by atoms with van der Waals surface area (Å²) in [5.41, 5.74) is 5.56. The molecule has 114 valence electrons. The molecule has 3 fully saturated rings. The molecule has 1 amide bonds. The number of amides is 1. The Kier molecular flexibility index (Phi) is 2.45. The number of fused-ring (bicyclic) bond motifs is 3. The maximum atomic E-state index is 12.9. The summed E-state index contributed by atoms with van der Waals surface area (Å²) < 4.78 is 1.45. The lowest BCUT2D eigenvalue weighted by Gasteiger charge is -2.53. The van der Waals surface area contributed by atoms with E-state index in [1.54, 1.807) is 25.1 Å². The number of carbonyl (C=O) groups is 1. The van der Waals surface area contributed by atoms with Gasteiger partial charge >= 0.3 is 0 Å². The molecular weight excluding hydrogens is 284 g/mol. The second-order valence-corrected chi connectivity index (χ2v) is 6.16. The lowest BCUT2D eigenvalue weighted by atomic mass is 9.63. The van der Waals surface area contributed by atoms with Crippen LogP contribution in [0.15, 0.2) is 23.0 Å². The van der Waals surface area contributed by atoms with Crippen molar-refractivity contribution in [1.29, 1.82) is 0 Å². The van der Waals surface area contributed by atoms with Crippen LogP contribution in [0.1, 0.15) is 18.7 Å². The molecule has 1 saturated carbocycles. The van der Waals surface area contributed by atoms with Crippen molar-refractivity contribution in [3.05, 3.63) is 34.4 Å². The first-order chi connectivity index (χ1) is 10.4. The fourth-order valence-corrected chi connectivity index (χ4v) is 3.76. The molecule has 2 aromatic rings. The standard InChI is InChI=1S/C15H16N4O3/c1-7-17-10-4-2-3-9(16)11(10)13(21)19(7)15-5-8(6-15)12(20)18-14(15)22/h2-4,8,12,20H,5-6,16H2,1H3,(H,18,22). The number of rotatable bonds is 1. The van der Waals surface area contributed by atoms with Gasteiger partial charge in [-0.3, -0.25) is 14.2 Å². The first kappa shape index (κ1) is 13.3. The molecule has 1 aliphatic carbocycles. The molecule has 1 aromatic heterocycles. The Labute approximate surface area is 125 Å². The predicted molar refractivity (Wildman–Crippen MR) is 80.0 cm³/mol. The summed E-state index contributed by atoms with van der Waals surface area (Å²) in [4.78, 5) is 29.8. The number of carbonyl (C=O) groups excluding carboxylic acids is 1. The average molecular weight is 300 g/mol. The van der Waals surface area contributed by atoms with Crippen molar-refractivity contribution in [2.45, 2.75) is 31.5 Å². The number of aliphatic hydroxyl groups excluding tert-OH is 1. The van der Waals surface area contributed by atoms with Crippen LogP contribution >= 0.6 is 0 Å². The van der Waals surface area contributed by atoms with Crippen LogP contribution in [0.3, 0.4) is 0 Å². The number of nitrogens with two attached hydrogens (primary N) is 1. The summed E-state index contributed by atoms with van der Waals surface area (Å²) in [7, 11) is 0. The number of anilines is 1. The third-order valence-electron chi connectivity index (χ3n) is 4.87. The predicted octanol–water partition coefficient (Wildman–Crippen LogP) is -0.159. The van der Waals surface area contributed by atoms with Crippen molar-refractivity contribution in [3.8, 4) is 0 Å². The molecule has 2 aliphatic heterocycles. The molecule has 0 radical (unpaired) electrons. The van der Waals surface area contributed by atoms with Gasteiger partial charge in [0.25, 0.3) is 5.56 Å². The molecule has 1 unspecified atom stereocenters. The highest BCUT2D eigenvalue weighted by atomic mass is 16.3. The van der Waals surface area contributed by atoms with Gasteiger partial charge in [-0.1, -0.05) is 6.07 Å². The molecule has 1 atom stereocenters. The quantitative estimate of drug-likeness (QED) is 0.634. The Morgan fingerprint density at radius 1 is 1.41 bits per heavy atom. The summed E-state index contributed by atoms with van der Waals surface area (Å²) in [5, 5.41) is 12.6. The average Bonchev–Trinajstić information content (AvgIpc) is 2.38. The molecule has 7 nitrogen and oxygen atoms in total. The Hall–Kier alpha value is -2.41. The minimum absolute atomic E-state index is 0.0205.